The summed E-state index contributed by atoms with van der Waals surface area (Å²) in [7, 11) is 0. The smallest absolute Gasteiger partial charge is 0.0670 e. The third kappa shape index (κ3) is 1.27. The van der Waals surface area contributed by atoms with Crippen LogP contribution in [0, 0.1) is 11.3 Å². The second-order valence-corrected chi connectivity index (χ2v) is 3.46. The van der Waals surface area contributed by atoms with Crippen molar-refractivity contribution in [1.82, 2.24) is 0 Å². The van der Waals surface area contributed by atoms with Gasteiger partial charge in [-0.3, -0.25) is 0 Å². The highest BCUT2D eigenvalue weighted by Crippen LogP contribution is 2.29. The lowest BCUT2D eigenvalue weighted by Gasteiger charge is -2.07. The molecule has 0 saturated heterocycles. The Bertz CT molecular complexity index is 374. The predicted octanol–water partition coefficient (Wildman–Crippen LogP) is 1.82. The first kappa shape index (κ1) is 8.12. The SMILES string of the molecule is N#CCc1ccc2c(c1N)CCC2. The Kier molecular flexibility index (Phi) is 1.94. The van der Waals surface area contributed by atoms with Crippen molar-refractivity contribution in [2.24, 2.45) is 0 Å². The average Bonchev–Trinajstić information content (AvgIpc) is 2.58. The summed E-state index contributed by atoms with van der Waals surface area (Å²) < 4.78 is 0. The molecule has 0 aromatic heterocycles. The molecule has 0 amide bonds. The number of fused-ring (bicyclic) bond motifs is 1. The molecule has 1 aliphatic rings. The number of nitrogen functional groups attached to an aromatic ring is 1. The lowest BCUT2D eigenvalue weighted by Crippen LogP contribution is -1.99. The molecule has 2 nitrogen and oxygen atoms in total. The highest BCUT2D eigenvalue weighted by molar-refractivity contribution is 5.59. The van der Waals surface area contributed by atoms with Crippen molar-refractivity contribution in [2.75, 3.05) is 5.73 Å². The molecule has 1 aromatic carbocycles. The molecule has 0 unspecified atom stereocenters. The molecule has 2 rings (SSSR count). The third-order valence-corrected chi connectivity index (χ3v) is 2.69. The van der Waals surface area contributed by atoms with Gasteiger partial charge < -0.3 is 5.73 Å². The monoisotopic (exact) mass is 172 g/mol. The van der Waals surface area contributed by atoms with E-state index in [0.29, 0.717) is 6.42 Å². The highest BCUT2D eigenvalue weighted by atomic mass is 14.6. The van der Waals surface area contributed by atoms with Crippen LogP contribution in [-0.2, 0) is 19.3 Å². The molecule has 66 valence electrons. The topological polar surface area (TPSA) is 49.8 Å². The van der Waals surface area contributed by atoms with E-state index in [-0.39, 0.29) is 0 Å². The standard InChI is InChI=1S/C11H12N2/c12-7-6-9-5-4-8-2-1-3-10(8)11(9)13/h4-5H,1-3,6,13H2. The highest BCUT2D eigenvalue weighted by Gasteiger charge is 2.15. The Balaban J connectivity index is 2.47. The molecule has 0 spiro atoms. The van der Waals surface area contributed by atoms with Gasteiger partial charge in [-0.25, -0.2) is 0 Å². The van der Waals surface area contributed by atoms with Crippen LogP contribution in [0.1, 0.15) is 23.1 Å². The van der Waals surface area contributed by atoms with Crippen molar-refractivity contribution in [3.05, 3.63) is 28.8 Å². The first-order chi connectivity index (χ1) is 6.33. The van der Waals surface area contributed by atoms with E-state index in [1.54, 1.807) is 0 Å². The van der Waals surface area contributed by atoms with Crippen LogP contribution < -0.4 is 5.73 Å². The van der Waals surface area contributed by atoms with E-state index in [0.717, 1.165) is 24.1 Å². The minimum absolute atomic E-state index is 0.430. The quantitative estimate of drug-likeness (QED) is 0.657. The number of nitrogens with two attached hydrogens (primary N) is 1. The molecular formula is C11H12N2. The predicted molar refractivity (Wildman–Crippen MR) is 52.2 cm³/mol. The van der Waals surface area contributed by atoms with Gasteiger partial charge in [0, 0.05) is 5.69 Å². The molecular weight excluding hydrogens is 160 g/mol. The van der Waals surface area contributed by atoms with E-state index in [4.69, 9.17) is 11.0 Å². The lowest BCUT2D eigenvalue weighted by atomic mass is 10.0. The zero-order chi connectivity index (χ0) is 9.26. The number of aryl methyl sites for hydroxylation is 1. The van der Waals surface area contributed by atoms with Gasteiger partial charge >= 0.3 is 0 Å². The number of benzene rings is 1. The summed E-state index contributed by atoms with van der Waals surface area (Å²) in [6, 6.07) is 6.24. The summed E-state index contributed by atoms with van der Waals surface area (Å²) in [6.45, 7) is 0. The van der Waals surface area contributed by atoms with Crippen molar-refractivity contribution in [3.63, 3.8) is 0 Å². The van der Waals surface area contributed by atoms with Crippen LogP contribution >= 0.6 is 0 Å². The van der Waals surface area contributed by atoms with Crippen LogP contribution in [0.2, 0.25) is 0 Å². The molecule has 0 saturated carbocycles. The fourth-order valence-electron chi connectivity index (χ4n) is 1.98. The van der Waals surface area contributed by atoms with Crippen LogP contribution in [0.3, 0.4) is 0 Å². The zero-order valence-electron chi connectivity index (χ0n) is 7.51. The Morgan fingerprint density at radius 3 is 3.00 bits per heavy atom. The van der Waals surface area contributed by atoms with E-state index in [9.17, 15) is 0 Å². The molecule has 0 heterocycles. The number of rotatable bonds is 1. The minimum atomic E-state index is 0.430. The largest absolute Gasteiger partial charge is 0.398 e. The van der Waals surface area contributed by atoms with Gasteiger partial charge in [0.05, 0.1) is 12.5 Å². The molecule has 13 heavy (non-hydrogen) atoms. The van der Waals surface area contributed by atoms with Crippen LogP contribution in [0.5, 0.6) is 0 Å². The summed E-state index contributed by atoms with van der Waals surface area (Å²) >= 11 is 0. The van der Waals surface area contributed by atoms with E-state index >= 15 is 0 Å². The van der Waals surface area contributed by atoms with Gasteiger partial charge in [0.2, 0.25) is 0 Å². The van der Waals surface area contributed by atoms with Gasteiger partial charge in [0.15, 0.2) is 0 Å². The van der Waals surface area contributed by atoms with E-state index in [2.05, 4.69) is 12.1 Å². The van der Waals surface area contributed by atoms with Crippen LogP contribution in [0.4, 0.5) is 5.69 Å². The Labute approximate surface area is 78.0 Å². The van der Waals surface area contributed by atoms with Gasteiger partial charge in [-0.2, -0.15) is 5.26 Å². The maximum Gasteiger partial charge on any atom is 0.0670 e. The van der Waals surface area contributed by atoms with Gasteiger partial charge in [-0.1, -0.05) is 12.1 Å². The number of hydrogen-bond donors (Lipinski definition) is 1. The van der Waals surface area contributed by atoms with E-state index in [1.807, 2.05) is 6.07 Å². The van der Waals surface area contributed by atoms with Gasteiger partial charge in [0.25, 0.3) is 0 Å². The number of anilines is 1. The van der Waals surface area contributed by atoms with E-state index in [1.165, 1.54) is 17.5 Å². The van der Waals surface area contributed by atoms with Crippen LogP contribution in [-0.4, -0.2) is 0 Å². The molecule has 0 bridgehead atoms. The normalized spacial score (nSPS) is 13.8. The van der Waals surface area contributed by atoms with Gasteiger partial charge in [-0.15, -0.1) is 0 Å². The Morgan fingerprint density at radius 1 is 1.38 bits per heavy atom. The molecule has 2 N–H and O–H groups in total. The fourth-order valence-corrected chi connectivity index (χ4v) is 1.98. The second-order valence-electron chi connectivity index (χ2n) is 3.46. The van der Waals surface area contributed by atoms with Gasteiger partial charge in [-0.05, 0) is 36.0 Å². The van der Waals surface area contributed by atoms with Gasteiger partial charge in [0.1, 0.15) is 0 Å². The minimum Gasteiger partial charge on any atom is -0.398 e. The summed E-state index contributed by atoms with van der Waals surface area (Å²) in [5, 5.41) is 8.59. The molecule has 0 atom stereocenters. The van der Waals surface area contributed by atoms with Crippen LogP contribution in [0.15, 0.2) is 12.1 Å². The van der Waals surface area contributed by atoms with Crippen molar-refractivity contribution in [1.29, 1.82) is 5.26 Å². The lowest BCUT2D eigenvalue weighted by molar-refractivity contribution is 0.912. The average molecular weight is 172 g/mol. The van der Waals surface area contributed by atoms with Crippen molar-refractivity contribution < 1.29 is 0 Å². The molecule has 0 aliphatic heterocycles. The summed E-state index contributed by atoms with van der Waals surface area (Å²) in [5.74, 6) is 0. The molecule has 1 aliphatic carbocycles. The number of nitrogens with zero attached hydrogens (tertiary/aromatic N) is 1. The zero-order valence-corrected chi connectivity index (χ0v) is 7.51. The molecule has 2 heteroatoms. The maximum absolute atomic E-state index is 8.59. The summed E-state index contributed by atoms with van der Waals surface area (Å²) in [6.07, 6.45) is 3.86. The maximum atomic E-state index is 8.59. The first-order valence-corrected chi connectivity index (χ1v) is 4.59. The molecule has 0 radical (unpaired) electrons. The summed E-state index contributed by atoms with van der Waals surface area (Å²) in [4.78, 5) is 0. The summed E-state index contributed by atoms with van der Waals surface area (Å²) in [5.41, 5.74) is 10.5. The first-order valence-electron chi connectivity index (χ1n) is 4.59. The van der Waals surface area contributed by atoms with Crippen LogP contribution in [0.25, 0.3) is 0 Å². The van der Waals surface area contributed by atoms with Crippen molar-refractivity contribution >= 4 is 5.69 Å². The fraction of sp³-hybridized carbons (Fsp3) is 0.364. The number of nitriles is 1. The Morgan fingerprint density at radius 2 is 2.23 bits per heavy atom. The molecule has 0 fully saturated rings. The van der Waals surface area contributed by atoms with E-state index < -0.39 is 0 Å². The molecule has 1 aromatic rings. The Hall–Kier alpha value is -1.49. The second kappa shape index (κ2) is 3.10. The van der Waals surface area contributed by atoms with Crippen molar-refractivity contribution in [2.45, 2.75) is 25.7 Å². The third-order valence-electron chi connectivity index (χ3n) is 2.69. The number of hydrogen-bond acceptors (Lipinski definition) is 2. The van der Waals surface area contributed by atoms with Crippen molar-refractivity contribution in [3.8, 4) is 6.07 Å².